The number of carboxylic acid groups (broad SMARTS) is 1. The van der Waals surface area contributed by atoms with Crippen molar-refractivity contribution in [1.82, 2.24) is 15.2 Å². The number of aliphatic hydroxyl groups is 1. The van der Waals surface area contributed by atoms with E-state index in [1.807, 2.05) is 0 Å². The summed E-state index contributed by atoms with van der Waals surface area (Å²) in [6, 6.07) is 3.10. The van der Waals surface area contributed by atoms with Crippen molar-refractivity contribution < 1.29 is 19.8 Å². The van der Waals surface area contributed by atoms with Gasteiger partial charge in [0.2, 0.25) is 0 Å². The number of aliphatic carboxylic acids is 1. The molecular formula is C11H15N3O4. The first kappa shape index (κ1) is 13.9. The molecule has 7 heteroatoms. The van der Waals surface area contributed by atoms with Gasteiger partial charge < -0.3 is 20.4 Å². The number of aromatic nitrogens is 1. The van der Waals surface area contributed by atoms with Crippen LogP contribution in [-0.4, -0.2) is 51.8 Å². The molecule has 0 aliphatic rings. The Morgan fingerprint density at radius 1 is 1.44 bits per heavy atom. The van der Waals surface area contributed by atoms with Gasteiger partial charge in [0, 0.05) is 26.0 Å². The first-order valence-electron chi connectivity index (χ1n) is 5.29. The number of rotatable bonds is 5. The second-order valence-corrected chi connectivity index (χ2v) is 3.75. The van der Waals surface area contributed by atoms with E-state index in [0.717, 1.165) is 5.56 Å². The second kappa shape index (κ2) is 6.55. The van der Waals surface area contributed by atoms with Crippen LogP contribution in [0.4, 0.5) is 4.79 Å². The molecule has 0 spiro atoms. The van der Waals surface area contributed by atoms with Gasteiger partial charge in [-0.15, -0.1) is 0 Å². The van der Waals surface area contributed by atoms with Gasteiger partial charge in [-0.05, 0) is 17.7 Å². The molecule has 1 atom stereocenters. The highest BCUT2D eigenvalue weighted by atomic mass is 16.4. The monoisotopic (exact) mass is 253 g/mol. The Morgan fingerprint density at radius 2 is 2.06 bits per heavy atom. The van der Waals surface area contributed by atoms with Crippen molar-refractivity contribution in [3.63, 3.8) is 0 Å². The molecule has 2 amide bonds. The number of carbonyl (C=O) groups excluding carboxylic acids is 1. The van der Waals surface area contributed by atoms with Crippen LogP contribution < -0.4 is 5.32 Å². The number of pyridine rings is 1. The number of aliphatic hydroxyl groups excluding tert-OH is 1. The highest BCUT2D eigenvalue weighted by molar-refractivity contribution is 5.76. The van der Waals surface area contributed by atoms with Gasteiger partial charge in [0.15, 0.2) is 6.10 Å². The van der Waals surface area contributed by atoms with Crippen molar-refractivity contribution in [2.75, 3.05) is 13.6 Å². The molecule has 0 aliphatic carbocycles. The molecule has 3 N–H and O–H groups in total. The fraction of sp³-hybridized carbons (Fsp3) is 0.364. The van der Waals surface area contributed by atoms with Crippen LogP contribution in [-0.2, 0) is 11.3 Å². The Kier molecular flexibility index (Phi) is 5.06. The Hall–Kier alpha value is -2.15. The Morgan fingerprint density at radius 3 is 2.61 bits per heavy atom. The van der Waals surface area contributed by atoms with E-state index < -0.39 is 18.1 Å². The van der Waals surface area contributed by atoms with E-state index in [1.165, 1.54) is 4.90 Å². The molecule has 0 saturated heterocycles. The topological polar surface area (TPSA) is 103 Å². The fourth-order valence-electron chi connectivity index (χ4n) is 1.24. The molecule has 0 radical (unpaired) electrons. The Labute approximate surface area is 104 Å². The maximum Gasteiger partial charge on any atom is 0.334 e. The van der Waals surface area contributed by atoms with E-state index in [0.29, 0.717) is 6.54 Å². The number of carboxylic acids is 1. The van der Waals surface area contributed by atoms with Gasteiger partial charge in [-0.25, -0.2) is 9.59 Å². The quantitative estimate of drug-likeness (QED) is 0.666. The van der Waals surface area contributed by atoms with Crippen molar-refractivity contribution in [3.05, 3.63) is 30.1 Å². The average Bonchev–Trinajstić information content (AvgIpc) is 2.36. The Bertz CT molecular complexity index is 410. The first-order valence-corrected chi connectivity index (χ1v) is 5.29. The number of nitrogens with zero attached hydrogens (tertiary/aromatic N) is 2. The molecule has 0 aromatic carbocycles. The van der Waals surface area contributed by atoms with Crippen molar-refractivity contribution in [3.8, 4) is 0 Å². The number of amides is 2. The van der Waals surface area contributed by atoms with Gasteiger partial charge in [-0.1, -0.05) is 0 Å². The third kappa shape index (κ3) is 4.38. The summed E-state index contributed by atoms with van der Waals surface area (Å²) in [6.07, 6.45) is 1.65. The molecule has 0 fully saturated rings. The molecule has 18 heavy (non-hydrogen) atoms. The first-order chi connectivity index (χ1) is 8.50. The van der Waals surface area contributed by atoms with Crippen LogP contribution in [0, 0.1) is 0 Å². The zero-order valence-electron chi connectivity index (χ0n) is 9.91. The molecule has 0 unspecified atom stereocenters. The minimum absolute atomic E-state index is 0.325. The molecule has 1 aromatic heterocycles. The molecule has 0 aliphatic heterocycles. The maximum absolute atomic E-state index is 11.6. The lowest BCUT2D eigenvalue weighted by molar-refractivity contribution is -0.146. The van der Waals surface area contributed by atoms with Gasteiger partial charge in [-0.3, -0.25) is 4.98 Å². The van der Waals surface area contributed by atoms with Gasteiger partial charge in [0.05, 0.1) is 6.54 Å². The standard InChI is InChI=1S/C11H15N3O4/c1-14(7-8-2-4-12-5-3-8)11(18)13-6-9(15)10(16)17/h2-5,9,15H,6-7H2,1H3,(H,13,18)(H,16,17)/t9-/m0/s1. The fourth-order valence-corrected chi connectivity index (χ4v) is 1.24. The van der Waals surface area contributed by atoms with Crippen molar-refractivity contribution >= 4 is 12.0 Å². The van der Waals surface area contributed by atoms with Crippen LogP contribution in [0.2, 0.25) is 0 Å². The van der Waals surface area contributed by atoms with Crippen molar-refractivity contribution in [1.29, 1.82) is 0 Å². The van der Waals surface area contributed by atoms with E-state index in [9.17, 15) is 9.59 Å². The summed E-state index contributed by atoms with van der Waals surface area (Å²) in [5.74, 6) is -1.37. The van der Waals surface area contributed by atoms with Crippen LogP contribution in [0.1, 0.15) is 5.56 Å². The lowest BCUT2D eigenvalue weighted by Crippen LogP contribution is -2.42. The lowest BCUT2D eigenvalue weighted by Gasteiger charge is -2.18. The van der Waals surface area contributed by atoms with Crippen LogP contribution in [0.3, 0.4) is 0 Å². The summed E-state index contributed by atoms with van der Waals surface area (Å²) in [4.78, 5) is 27.2. The van der Waals surface area contributed by atoms with E-state index in [4.69, 9.17) is 10.2 Å². The van der Waals surface area contributed by atoms with E-state index in [1.54, 1.807) is 31.6 Å². The van der Waals surface area contributed by atoms with Crippen LogP contribution in [0.25, 0.3) is 0 Å². The predicted octanol–water partition coefficient (Wildman–Crippen LogP) is -0.332. The normalized spacial score (nSPS) is 11.7. The third-order valence-corrected chi connectivity index (χ3v) is 2.25. The van der Waals surface area contributed by atoms with E-state index in [2.05, 4.69) is 10.3 Å². The summed E-state index contributed by atoms with van der Waals surface area (Å²) in [6.45, 7) is 0.0480. The average molecular weight is 253 g/mol. The molecule has 98 valence electrons. The van der Waals surface area contributed by atoms with Crippen molar-refractivity contribution in [2.24, 2.45) is 0 Å². The summed E-state index contributed by atoms with van der Waals surface area (Å²) in [5, 5.41) is 19.8. The summed E-state index contributed by atoms with van der Waals surface area (Å²) in [5.41, 5.74) is 0.904. The van der Waals surface area contributed by atoms with Crippen LogP contribution in [0.15, 0.2) is 24.5 Å². The van der Waals surface area contributed by atoms with Crippen molar-refractivity contribution in [2.45, 2.75) is 12.6 Å². The maximum atomic E-state index is 11.6. The van der Waals surface area contributed by atoms with Gasteiger partial charge in [0.25, 0.3) is 0 Å². The zero-order valence-corrected chi connectivity index (χ0v) is 9.91. The molecule has 1 rings (SSSR count). The summed E-state index contributed by atoms with van der Waals surface area (Å²) >= 11 is 0. The highest BCUT2D eigenvalue weighted by Gasteiger charge is 2.15. The minimum atomic E-state index is -1.59. The predicted molar refractivity (Wildman–Crippen MR) is 62.7 cm³/mol. The Balaban J connectivity index is 2.40. The van der Waals surface area contributed by atoms with Crippen LogP contribution in [0.5, 0.6) is 0 Å². The van der Waals surface area contributed by atoms with Gasteiger partial charge >= 0.3 is 12.0 Å². The lowest BCUT2D eigenvalue weighted by atomic mass is 10.2. The third-order valence-electron chi connectivity index (χ3n) is 2.25. The molecule has 0 saturated carbocycles. The largest absolute Gasteiger partial charge is 0.479 e. The van der Waals surface area contributed by atoms with Gasteiger partial charge in [-0.2, -0.15) is 0 Å². The SMILES string of the molecule is CN(Cc1ccncc1)C(=O)NC[C@H](O)C(=O)O. The zero-order chi connectivity index (χ0) is 13.5. The van der Waals surface area contributed by atoms with E-state index >= 15 is 0 Å². The summed E-state index contributed by atoms with van der Waals surface area (Å²) in [7, 11) is 1.57. The molecule has 0 bridgehead atoms. The number of hydrogen-bond acceptors (Lipinski definition) is 4. The van der Waals surface area contributed by atoms with Gasteiger partial charge in [0.1, 0.15) is 0 Å². The summed E-state index contributed by atoms with van der Waals surface area (Å²) < 4.78 is 0. The number of urea groups is 1. The number of nitrogens with one attached hydrogen (secondary N) is 1. The molecule has 7 nitrogen and oxygen atoms in total. The minimum Gasteiger partial charge on any atom is -0.479 e. The van der Waals surface area contributed by atoms with E-state index in [-0.39, 0.29) is 6.54 Å². The number of carbonyl (C=O) groups is 2. The van der Waals surface area contributed by atoms with Crippen LogP contribution >= 0.6 is 0 Å². The smallest absolute Gasteiger partial charge is 0.334 e. The number of hydrogen-bond donors (Lipinski definition) is 3. The molecule has 1 aromatic rings. The highest BCUT2D eigenvalue weighted by Crippen LogP contribution is 2.00. The molecule has 1 heterocycles. The second-order valence-electron chi connectivity index (χ2n) is 3.75. The molecular weight excluding hydrogens is 238 g/mol.